The molecule has 0 aromatic rings. The van der Waals surface area contributed by atoms with Gasteiger partial charge in [-0.2, -0.15) is 0 Å². The Morgan fingerprint density at radius 2 is 2.12 bits per heavy atom. The van der Waals surface area contributed by atoms with Gasteiger partial charge in [0.2, 0.25) is 0 Å². The van der Waals surface area contributed by atoms with Crippen LogP contribution in [0.1, 0.15) is 20.3 Å². The van der Waals surface area contributed by atoms with Gasteiger partial charge in [0.05, 0.1) is 18.1 Å². The lowest BCUT2D eigenvalue weighted by molar-refractivity contribution is -0.148. The van der Waals surface area contributed by atoms with E-state index >= 15 is 0 Å². The normalized spacial score (nSPS) is 36.9. The van der Waals surface area contributed by atoms with Crippen molar-refractivity contribution in [2.24, 2.45) is 23.7 Å². The highest BCUT2D eigenvalue weighted by Gasteiger charge is 2.56. The zero-order valence-electron chi connectivity index (χ0n) is 14.4. The van der Waals surface area contributed by atoms with E-state index in [1.54, 1.807) is 6.08 Å². The van der Waals surface area contributed by atoms with E-state index in [0.717, 1.165) is 5.57 Å². The first-order valence-electron chi connectivity index (χ1n) is 8.36. The molecule has 2 aliphatic carbocycles. The summed E-state index contributed by atoms with van der Waals surface area (Å²) in [5, 5.41) is 9.07. The fraction of sp³-hybridized carbons (Fsp3) is 0.526. The third-order valence-corrected chi connectivity index (χ3v) is 5.70. The molecule has 3 rings (SSSR count). The molecule has 3 aliphatic rings. The molecule has 0 amide bonds. The molecule has 0 spiro atoms. The summed E-state index contributed by atoms with van der Waals surface area (Å²) in [5.74, 6) is -2.06. The minimum absolute atomic E-state index is 0.0431. The molecule has 2 fully saturated rings. The predicted molar refractivity (Wildman–Crippen MR) is 88.1 cm³/mol. The molecule has 6 heteroatoms. The lowest BCUT2D eigenvalue weighted by Crippen LogP contribution is -2.38. The zero-order valence-corrected chi connectivity index (χ0v) is 14.4. The van der Waals surface area contributed by atoms with E-state index in [2.05, 4.69) is 13.2 Å². The molecule has 1 aliphatic heterocycles. The van der Waals surface area contributed by atoms with Crippen molar-refractivity contribution in [1.29, 1.82) is 0 Å². The molecule has 134 valence electrons. The van der Waals surface area contributed by atoms with Crippen LogP contribution in [0.4, 0.5) is 0 Å². The number of aliphatic hydroxyl groups is 1. The van der Waals surface area contributed by atoms with Crippen molar-refractivity contribution < 1.29 is 29.0 Å². The van der Waals surface area contributed by atoms with Crippen LogP contribution < -0.4 is 0 Å². The Bertz CT molecular complexity index is 703. The van der Waals surface area contributed by atoms with E-state index in [0.29, 0.717) is 6.42 Å². The van der Waals surface area contributed by atoms with Gasteiger partial charge in [-0.3, -0.25) is 4.79 Å². The van der Waals surface area contributed by atoms with Gasteiger partial charge in [0.25, 0.3) is 0 Å². The summed E-state index contributed by atoms with van der Waals surface area (Å²) < 4.78 is 11.1. The van der Waals surface area contributed by atoms with Gasteiger partial charge in [-0.05, 0) is 18.9 Å². The number of hydrogen-bond acceptors (Lipinski definition) is 6. The highest BCUT2D eigenvalue weighted by molar-refractivity contribution is 5.92. The molecule has 1 saturated carbocycles. The van der Waals surface area contributed by atoms with Crippen LogP contribution in [-0.4, -0.2) is 41.6 Å². The van der Waals surface area contributed by atoms with Crippen LogP contribution in [0.25, 0.3) is 0 Å². The monoisotopic (exact) mass is 346 g/mol. The number of Topliss-reactive ketones (excluding diaryl/α,β-unsaturated/α-hetero) is 1. The maximum Gasteiger partial charge on any atom is 0.336 e. The summed E-state index contributed by atoms with van der Waals surface area (Å²) >= 11 is 0. The number of carbonyl (C=O) groups is 3. The van der Waals surface area contributed by atoms with Crippen LogP contribution in [0.3, 0.4) is 0 Å². The number of aliphatic hydroxyl groups excluding tert-OH is 1. The number of allylic oxidation sites excluding steroid dienone is 1. The molecule has 6 unspecified atom stereocenters. The number of rotatable bonds is 3. The third kappa shape index (κ3) is 2.74. The third-order valence-electron chi connectivity index (χ3n) is 5.70. The topological polar surface area (TPSA) is 89.9 Å². The summed E-state index contributed by atoms with van der Waals surface area (Å²) in [6.45, 7) is 10.5. The van der Waals surface area contributed by atoms with Gasteiger partial charge in [0.15, 0.2) is 0 Å². The van der Waals surface area contributed by atoms with Gasteiger partial charge in [-0.1, -0.05) is 25.7 Å². The quantitative estimate of drug-likeness (QED) is 0.471. The first kappa shape index (κ1) is 17.6. The Morgan fingerprint density at radius 3 is 2.76 bits per heavy atom. The first-order chi connectivity index (χ1) is 11.8. The van der Waals surface area contributed by atoms with E-state index < -0.39 is 36.7 Å². The van der Waals surface area contributed by atoms with Crippen LogP contribution in [0.15, 0.2) is 36.0 Å². The molecular formula is C19H22O6. The molecule has 1 N–H and O–H groups in total. The predicted octanol–water partition coefficient (Wildman–Crippen LogP) is 1.35. The van der Waals surface area contributed by atoms with Gasteiger partial charge in [-0.25, -0.2) is 9.59 Å². The molecule has 1 heterocycles. The van der Waals surface area contributed by atoms with Crippen molar-refractivity contribution in [3.05, 3.63) is 36.0 Å². The number of ketones is 1. The highest BCUT2D eigenvalue weighted by atomic mass is 16.6. The molecule has 25 heavy (non-hydrogen) atoms. The van der Waals surface area contributed by atoms with E-state index in [9.17, 15) is 14.4 Å². The van der Waals surface area contributed by atoms with Gasteiger partial charge < -0.3 is 14.6 Å². The summed E-state index contributed by atoms with van der Waals surface area (Å²) in [5.41, 5.74) is 1.12. The van der Waals surface area contributed by atoms with Crippen molar-refractivity contribution in [1.82, 2.24) is 0 Å². The van der Waals surface area contributed by atoms with E-state index in [-0.39, 0.29) is 34.7 Å². The SMILES string of the molecule is C=C(CO)C(=O)OC1C=C(C)C2CC(=O)C(C)C2C2OC(=O)C(=C)C12. The smallest absolute Gasteiger partial charge is 0.336 e. The second-order valence-corrected chi connectivity index (χ2v) is 7.11. The van der Waals surface area contributed by atoms with Gasteiger partial charge >= 0.3 is 11.9 Å². The van der Waals surface area contributed by atoms with E-state index in [1.165, 1.54) is 0 Å². The van der Waals surface area contributed by atoms with Crippen LogP contribution in [0.2, 0.25) is 0 Å². The zero-order chi connectivity index (χ0) is 18.5. The number of fused-ring (bicyclic) bond motifs is 3. The number of esters is 2. The largest absolute Gasteiger partial charge is 0.458 e. The fourth-order valence-corrected chi connectivity index (χ4v) is 4.26. The lowest BCUT2D eigenvalue weighted by Gasteiger charge is -2.29. The Morgan fingerprint density at radius 1 is 1.44 bits per heavy atom. The Balaban J connectivity index is 2.00. The summed E-state index contributed by atoms with van der Waals surface area (Å²) in [6.07, 6.45) is 0.877. The maximum absolute atomic E-state index is 12.2. The van der Waals surface area contributed by atoms with Gasteiger partial charge in [0.1, 0.15) is 18.0 Å². The standard InChI is InChI=1S/C19H22O6/c1-8-5-14(24-18(22)9(2)7-20)16-11(4)19(23)25-17(16)15-10(3)13(21)6-12(8)15/h5,10,12,14-17,20H,2,4,6-7H2,1,3H3. The number of carbonyl (C=O) groups excluding carboxylic acids is 3. The van der Waals surface area contributed by atoms with Gasteiger partial charge in [0, 0.05) is 23.8 Å². The first-order valence-corrected chi connectivity index (χ1v) is 8.36. The van der Waals surface area contributed by atoms with Crippen molar-refractivity contribution in [2.75, 3.05) is 6.61 Å². The van der Waals surface area contributed by atoms with Crippen molar-refractivity contribution in [3.63, 3.8) is 0 Å². The van der Waals surface area contributed by atoms with Crippen LogP contribution >= 0.6 is 0 Å². The minimum atomic E-state index is -0.743. The molecule has 6 atom stereocenters. The van der Waals surface area contributed by atoms with Gasteiger partial charge in [-0.15, -0.1) is 0 Å². The average molecular weight is 346 g/mol. The molecular weight excluding hydrogens is 324 g/mol. The lowest BCUT2D eigenvalue weighted by atomic mass is 9.78. The highest BCUT2D eigenvalue weighted by Crippen LogP contribution is 2.50. The summed E-state index contributed by atoms with van der Waals surface area (Å²) in [7, 11) is 0. The van der Waals surface area contributed by atoms with Crippen LogP contribution in [0.5, 0.6) is 0 Å². The second kappa shape index (κ2) is 6.26. The minimum Gasteiger partial charge on any atom is -0.458 e. The summed E-state index contributed by atoms with van der Waals surface area (Å²) in [4.78, 5) is 36.4. The molecule has 0 aromatic heterocycles. The van der Waals surface area contributed by atoms with E-state index in [1.807, 2.05) is 13.8 Å². The number of ether oxygens (including phenoxy) is 2. The molecule has 0 aromatic carbocycles. The average Bonchev–Trinajstić information content (AvgIpc) is 2.99. The van der Waals surface area contributed by atoms with Crippen molar-refractivity contribution in [2.45, 2.75) is 32.5 Å². The Hall–Kier alpha value is -2.21. The number of hydrogen-bond donors (Lipinski definition) is 1. The van der Waals surface area contributed by atoms with Crippen LogP contribution in [0, 0.1) is 23.7 Å². The fourth-order valence-electron chi connectivity index (χ4n) is 4.26. The van der Waals surface area contributed by atoms with E-state index in [4.69, 9.17) is 14.6 Å². The molecule has 6 nitrogen and oxygen atoms in total. The van der Waals surface area contributed by atoms with Crippen molar-refractivity contribution in [3.8, 4) is 0 Å². The maximum atomic E-state index is 12.2. The molecule has 1 saturated heterocycles. The van der Waals surface area contributed by atoms with Crippen LogP contribution in [-0.2, 0) is 23.9 Å². The molecule has 0 bridgehead atoms. The Labute approximate surface area is 146 Å². The molecule has 0 radical (unpaired) electrons. The van der Waals surface area contributed by atoms with Crippen molar-refractivity contribution >= 4 is 17.7 Å². The Kier molecular flexibility index (Phi) is 4.41. The summed E-state index contributed by atoms with van der Waals surface area (Å²) in [6, 6.07) is 0. The second-order valence-electron chi connectivity index (χ2n) is 7.11.